The lowest BCUT2D eigenvalue weighted by molar-refractivity contribution is -0.148. The number of carbonyl (C=O) groups is 3. The van der Waals surface area contributed by atoms with Crippen molar-refractivity contribution in [1.29, 1.82) is 0 Å². The van der Waals surface area contributed by atoms with Gasteiger partial charge in [0.2, 0.25) is 5.91 Å². The molecule has 7 nitrogen and oxygen atoms in total. The first-order chi connectivity index (χ1) is 14.4. The van der Waals surface area contributed by atoms with E-state index in [4.69, 9.17) is 4.42 Å². The van der Waals surface area contributed by atoms with Crippen molar-refractivity contribution in [3.8, 4) is 0 Å². The number of fused-ring (bicyclic) bond motifs is 2. The van der Waals surface area contributed by atoms with Crippen LogP contribution in [0, 0.1) is 23.7 Å². The number of amides is 2. The van der Waals surface area contributed by atoms with E-state index in [0.717, 1.165) is 24.0 Å². The minimum atomic E-state index is -0.927. The fraction of sp³-hybridized carbons (Fsp3) is 0.409. The molecule has 2 heterocycles. The second-order valence-electron chi connectivity index (χ2n) is 8.05. The topological polar surface area (TPSA) is 109 Å². The third-order valence-electron chi connectivity index (χ3n) is 6.16. The molecule has 0 aliphatic heterocycles. The number of hydrogen-bond donors (Lipinski definition) is 3. The maximum atomic E-state index is 13.2. The van der Waals surface area contributed by atoms with Crippen molar-refractivity contribution in [3.05, 3.63) is 52.3 Å². The molecule has 2 aliphatic rings. The Morgan fingerprint density at radius 2 is 1.90 bits per heavy atom. The molecule has 8 heteroatoms. The predicted octanol–water partition coefficient (Wildman–Crippen LogP) is 3.90. The second-order valence-corrected chi connectivity index (χ2v) is 8.97. The summed E-state index contributed by atoms with van der Waals surface area (Å²) in [5.74, 6) is -2.40. The number of furan rings is 1. The van der Waals surface area contributed by atoms with Crippen LogP contribution in [0.5, 0.6) is 0 Å². The van der Waals surface area contributed by atoms with Crippen LogP contribution in [0.3, 0.4) is 0 Å². The molecule has 2 aromatic rings. The Labute approximate surface area is 178 Å². The number of hydrogen-bond acceptors (Lipinski definition) is 5. The van der Waals surface area contributed by atoms with E-state index in [2.05, 4.69) is 10.6 Å². The molecule has 0 radical (unpaired) electrons. The van der Waals surface area contributed by atoms with E-state index in [1.54, 1.807) is 23.6 Å². The number of nitrogens with one attached hydrogen (secondary N) is 2. The van der Waals surface area contributed by atoms with Gasteiger partial charge in [0.05, 0.1) is 30.2 Å². The number of thiophene rings is 1. The summed E-state index contributed by atoms with van der Waals surface area (Å²) in [6.07, 6.45) is 3.17. The zero-order valence-corrected chi connectivity index (χ0v) is 17.6. The third kappa shape index (κ3) is 3.56. The monoisotopic (exact) mass is 428 g/mol. The van der Waals surface area contributed by atoms with Gasteiger partial charge in [-0.1, -0.05) is 11.1 Å². The van der Waals surface area contributed by atoms with E-state index < -0.39 is 17.8 Å². The largest absolute Gasteiger partial charge is 0.481 e. The molecule has 2 amide bonds. The highest BCUT2D eigenvalue weighted by molar-refractivity contribution is 7.14. The Morgan fingerprint density at radius 1 is 1.17 bits per heavy atom. The van der Waals surface area contributed by atoms with Crippen LogP contribution in [-0.2, 0) is 16.1 Å². The van der Waals surface area contributed by atoms with E-state index in [9.17, 15) is 19.5 Å². The molecule has 2 fully saturated rings. The minimum absolute atomic E-state index is 0.0442. The van der Waals surface area contributed by atoms with Crippen molar-refractivity contribution in [2.24, 2.45) is 23.7 Å². The maximum Gasteiger partial charge on any atom is 0.307 e. The van der Waals surface area contributed by atoms with Crippen LogP contribution in [0.1, 0.15) is 42.8 Å². The highest BCUT2D eigenvalue weighted by Gasteiger charge is 2.57. The normalized spacial score (nSPS) is 24.7. The van der Waals surface area contributed by atoms with Crippen molar-refractivity contribution >= 4 is 34.1 Å². The zero-order chi connectivity index (χ0) is 21.4. The molecule has 2 saturated carbocycles. The number of carboxylic acids is 1. The van der Waals surface area contributed by atoms with Crippen LogP contribution in [-0.4, -0.2) is 22.9 Å². The Morgan fingerprint density at radius 3 is 2.53 bits per heavy atom. The number of aliphatic carboxylic acids is 1. The average Bonchev–Trinajstić information content (AvgIpc) is 3.48. The van der Waals surface area contributed by atoms with Crippen LogP contribution >= 0.6 is 11.3 Å². The number of anilines is 1. The molecule has 4 atom stereocenters. The van der Waals surface area contributed by atoms with Gasteiger partial charge in [0.25, 0.3) is 5.91 Å². The van der Waals surface area contributed by atoms with Crippen LogP contribution in [0.4, 0.5) is 5.00 Å². The quantitative estimate of drug-likeness (QED) is 0.605. The van der Waals surface area contributed by atoms with Crippen LogP contribution < -0.4 is 10.6 Å². The summed E-state index contributed by atoms with van der Waals surface area (Å²) >= 11 is 1.25. The molecule has 0 spiro atoms. The molecule has 0 aromatic carbocycles. The molecule has 0 saturated heterocycles. The van der Waals surface area contributed by atoms with Crippen molar-refractivity contribution in [1.82, 2.24) is 5.32 Å². The highest BCUT2D eigenvalue weighted by Crippen LogP contribution is 2.57. The minimum Gasteiger partial charge on any atom is -0.481 e. The van der Waals surface area contributed by atoms with E-state index in [1.807, 2.05) is 13.8 Å². The highest BCUT2D eigenvalue weighted by atomic mass is 32.1. The molecule has 2 bridgehead atoms. The van der Waals surface area contributed by atoms with Gasteiger partial charge in [-0.3, -0.25) is 14.4 Å². The summed E-state index contributed by atoms with van der Waals surface area (Å²) in [6, 6.07) is 5.15. The molecule has 2 aromatic heterocycles. The molecule has 2 aliphatic carbocycles. The maximum absolute atomic E-state index is 13.2. The smallest absolute Gasteiger partial charge is 0.307 e. The van der Waals surface area contributed by atoms with Crippen LogP contribution in [0.25, 0.3) is 0 Å². The van der Waals surface area contributed by atoms with Gasteiger partial charge in [0.1, 0.15) is 10.8 Å². The molecular formula is C22H24N2O5S. The Hall–Kier alpha value is -2.87. The Balaban J connectivity index is 1.51. The summed E-state index contributed by atoms with van der Waals surface area (Å²) < 4.78 is 5.21. The number of carboxylic acid groups (broad SMARTS) is 1. The molecule has 0 unspecified atom stereocenters. The molecule has 3 N–H and O–H groups in total. The van der Waals surface area contributed by atoms with Gasteiger partial charge in [-0.15, -0.1) is 11.3 Å². The fourth-order valence-electron chi connectivity index (χ4n) is 5.06. The van der Waals surface area contributed by atoms with Gasteiger partial charge in [0.15, 0.2) is 0 Å². The SMILES string of the molecule is CC(C)=C1[C@@H]2CC[C@@H]1[C@@H](C(=O)Nc1sccc1C(=O)NCc1ccco1)[C@H]2C(=O)O. The zero-order valence-electron chi connectivity index (χ0n) is 16.8. The van der Waals surface area contributed by atoms with Gasteiger partial charge >= 0.3 is 5.97 Å². The summed E-state index contributed by atoms with van der Waals surface area (Å²) in [6.45, 7) is 4.22. The van der Waals surface area contributed by atoms with Crippen LogP contribution in [0.2, 0.25) is 0 Å². The van der Waals surface area contributed by atoms with Crippen molar-refractivity contribution < 1.29 is 23.9 Å². The van der Waals surface area contributed by atoms with Gasteiger partial charge in [-0.25, -0.2) is 0 Å². The second kappa shape index (κ2) is 8.10. The summed E-state index contributed by atoms with van der Waals surface area (Å²) in [4.78, 5) is 37.7. The Kier molecular flexibility index (Phi) is 5.51. The first-order valence-corrected chi connectivity index (χ1v) is 10.9. The van der Waals surface area contributed by atoms with Gasteiger partial charge in [-0.2, -0.15) is 0 Å². The lowest BCUT2D eigenvalue weighted by Gasteiger charge is -2.26. The van der Waals surface area contributed by atoms with Gasteiger partial charge in [-0.05, 0) is 62.1 Å². The average molecular weight is 429 g/mol. The van der Waals surface area contributed by atoms with Gasteiger partial charge < -0.3 is 20.2 Å². The van der Waals surface area contributed by atoms with Gasteiger partial charge in [0, 0.05) is 0 Å². The van der Waals surface area contributed by atoms with E-state index in [-0.39, 0.29) is 30.2 Å². The lowest BCUT2D eigenvalue weighted by atomic mass is 9.79. The van der Waals surface area contributed by atoms with E-state index in [0.29, 0.717) is 16.3 Å². The number of allylic oxidation sites excluding steroid dienone is 2. The predicted molar refractivity (Wildman–Crippen MR) is 112 cm³/mol. The van der Waals surface area contributed by atoms with Crippen molar-refractivity contribution in [3.63, 3.8) is 0 Å². The van der Waals surface area contributed by atoms with Crippen LogP contribution in [0.15, 0.2) is 45.4 Å². The molecule has 30 heavy (non-hydrogen) atoms. The van der Waals surface area contributed by atoms with Crippen molar-refractivity contribution in [2.75, 3.05) is 5.32 Å². The van der Waals surface area contributed by atoms with E-state index >= 15 is 0 Å². The standard InChI is InChI=1S/C22H24N2O5S/c1-11(2)16-13-5-6-14(16)18(22(27)28)17(13)20(26)24-21-15(7-9-30-21)19(25)23-10-12-4-3-8-29-12/h3-4,7-9,13-14,17-18H,5-6,10H2,1-2H3,(H,23,25)(H,24,26)(H,27,28)/t13-,14-,17+,18-/m0/s1. The fourth-order valence-corrected chi connectivity index (χ4v) is 5.85. The summed E-state index contributed by atoms with van der Waals surface area (Å²) in [7, 11) is 0. The number of rotatable bonds is 6. The number of carbonyl (C=O) groups excluding carboxylic acids is 2. The van der Waals surface area contributed by atoms with E-state index in [1.165, 1.54) is 17.6 Å². The summed E-state index contributed by atoms with van der Waals surface area (Å²) in [5, 5.41) is 17.6. The van der Waals surface area contributed by atoms with Crippen molar-refractivity contribution in [2.45, 2.75) is 33.2 Å². The summed E-state index contributed by atoms with van der Waals surface area (Å²) in [5.41, 5.74) is 2.60. The Bertz CT molecular complexity index is 1000. The first-order valence-electron chi connectivity index (χ1n) is 9.97. The lowest BCUT2D eigenvalue weighted by Crippen LogP contribution is -2.38. The molecule has 158 valence electrons. The molecule has 4 rings (SSSR count). The molecular weight excluding hydrogens is 404 g/mol. The third-order valence-corrected chi connectivity index (χ3v) is 6.99. The first kappa shape index (κ1) is 20.4.